The lowest BCUT2D eigenvalue weighted by Gasteiger charge is -2.40. The highest BCUT2D eigenvalue weighted by Crippen LogP contribution is 2.37. The molecule has 0 aromatic heterocycles. The van der Waals surface area contributed by atoms with E-state index in [0.717, 1.165) is 0 Å². The van der Waals surface area contributed by atoms with Gasteiger partial charge in [0, 0.05) is 12.8 Å². The minimum absolute atomic E-state index is 0.144. The first kappa shape index (κ1) is 28.9. The molecule has 0 unspecified atom stereocenters. The molecular weight excluding hydrogens is 424 g/mol. The minimum Gasteiger partial charge on any atom is -0.458 e. The van der Waals surface area contributed by atoms with E-state index >= 15 is 0 Å². The van der Waals surface area contributed by atoms with Crippen molar-refractivity contribution in [2.24, 2.45) is 11.8 Å². The molecule has 1 fully saturated rings. The van der Waals surface area contributed by atoms with Crippen molar-refractivity contribution in [3.8, 4) is 0 Å². The first-order valence-corrected chi connectivity index (χ1v) is 11.8. The average molecular weight is 469 g/mol. The number of allylic oxidation sites excluding steroid dienone is 1. The predicted octanol–water partition coefficient (Wildman–Crippen LogP) is 3.81. The zero-order chi connectivity index (χ0) is 25.7. The topological polar surface area (TPSA) is 105 Å². The summed E-state index contributed by atoms with van der Waals surface area (Å²) in [5.41, 5.74) is -1.53. The van der Waals surface area contributed by atoms with E-state index in [1.54, 1.807) is 41.5 Å². The Bertz CT molecular complexity index is 721. The molecule has 1 rings (SSSR count). The monoisotopic (exact) mass is 468 g/mol. The summed E-state index contributed by atoms with van der Waals surface area (Å²) in [5, 5.41) is 14.0. The number of nitrogens with one attached hydrogen (secondary N) is 1. The number of esters is 1. The van der Waals surface area contributed by atoms with Crippen molar-refractivity contribution in [1.82, 2.24) is 10.2 Å². The second-order valence-electron chi connectivity index (χ2n) is 11.0. The fraction of sp³-hybridized carbons (Fsp3) is 0.800. The molecule has 2 N–H and O–H groups in total. The maximum atomic E-state index is 13.4. The molecule has 1 aliphatic rings. The summed E-state index contributed by atoms with van der Waals surface area (Å²) in [6.45, 7) is 17.6. The van der Waals surface area contributed by atoms with Gasteiger partial charge in [-0.2, -0.15) is 0 Å². The summed E-state index contributed by atoms with van der Waals surface area (Å²) in [7, 11) is 0. The van der Waals surface area contributed by atoms with Gasteiger partial charge in [-0.25, -0.2) is 9.59 Å². The molecule has 0 saturated carbocycles. The summed E-state index contributed by atoms with van der Waals surface area (Å²) in [5.74, 6) is -1.30. The molecule has 0 aliphatic carbocycles. The molecule has 1 aliphatic heterocycles. The van der Waals surface area contributed by atoms with E-state index in [1.807, 2.05) is 32.9 Å². The van der Waals surface area contributed by atoms with Crippen molar-refractivity contribution in [3.63, 3.8) is 0 Å². The Hall–Kier alpha value is -2.09. The molecule has 8 heteroatoms. The maximum absolute atomic E-state index is 13.4. The van der Waals surface area contributed by atoms with Crippen LogP contribution in [-0.4, -0.2) is 63.4 Å². The zero-order valence-corrected chi connectivity index (χ0v) is 22.0. The largest absolute Gasteiger partial charge is 0.458 e. The van der Waals surface area contributed by atoms with Gasteiger partial charge >= 0.3 is 12.1 Å². The highest BCUT2D eigenvalue weighted by molar-refractivity contribution is 5.83. The Morgan fingerprint density at radius 2 is 1.67 bits per heavy atom. The molecule has 1 saturated heterocycles. The summed E-state index contributed by atoms with van der Waals surface area (Å²) in [4.78, 5) is 40.1. The van der Waals surface area contributed by atoms with Crippen LogP contribution in [0.3, 0.4) is 0 Å². The van der Waals surface area contributed by atoms with Crippen molar-refractivity contribution >= 4 is 18.0 Å². The van der Waals surface area contributed by atoms with Crippen molar-refractivity contribution in [2.75, 3.05) is 0 Å². The van der Waals surface area contributed by atoms with Crippen molar-refractivity contribution in [3.05, 3.63) is 12.2 Å². The van der Waals surface area contributed by atoms with Crippen LogP contribution >= 0.6 is 0 Å². The smallest absolute Gasteiger partial charge is 0.411 e. The molecule has 0 bridgehead atoms. The molecule has 6 atom stereocenters. The molecule has 33 heavy (non-hydrogen) atoms. The van der Waals surface area contributed by atoms with E-state index < -0.39 is 47.5 Å². The van der Waals surface area contributed by atoms with Crippen LogP contribution in [0.1, 0.15) is 82.1 Å². The number of hydrogen-bond acceptors (Lipinski definition) is 6. The first-order chi connectivity index (χ1) is 15.0. The number of aliphatic hydroxyl groups excluding tert-OH is 1. The lowest BCUT2D eigenvalue weighted by atomic mass is 9.85. The van der Waals surface area contributed by atoms with Gasteiger partial charge < -0.3 is 19.9 Å². The molecule has 0 radical (unpaired) electrons. The summed E-state index contributed by atoms with van der Waals surface area (Å²) >= 11 is 0. The van der Waals surface area contributed by atoms with Crippen LogP contribution in [0.5, 0.6) is 0 Å². The lowest BCUT2D eigenvalue weighted by molar-refractivity contribution is -0.160. The van der Waals surface area contributed by atoms with E-state index in [1.165, 1.54) is 11.8 Å². The number of likely N-dealkylation sites (tertiary alicyclic amines) is 1. The van der Waals surface area contributed by atoms with Crippen molar-refractivity contribution in [1.29, 1.82) is 0 Å². The van der Waals surface area contributed by atoms with Gasteiger partial charge in [0.05, 0.1) is 18.2 Å². The van der Waals surface area contributed by atoms with Crippen LogP contribution in [0.15, 0.2) is 12.2 Å². The molecule has 0 spiro atoms. The van der Waals surface area contributed by atoms with Gasteiger partial charge in [0.1, 0.15) is 17.2 Å². The standard InChI is InChI=1S/C25H44N2O6/c1-11-13-17-14-18(22(30)32-24(5,6)7)27(23(31)33-25(8,9)10)20(17)19(26-16(4)28)21(29)15(3)12-2/h11,13,15,17-21,29H,12,14H2,1-10H3,(H,26,28)/t15-,17+,18-,19+,20+,21-/m0/s1. The van der Waals surface area contributed by atoms with Gasteiger partial charge in [0.25, 0.3) is 0 Å². The van der Waals surface area contributed by atoms with Gasteiger partial charge in [-0.15, -0.1) is 0 Å². The fourth-order valence-electron chi connectivity index (χ4n) is 4.15. The second kappa shape index (κ2) is 11.4. The molecule has 190 valence electrons. The van der Waals surface area contributed by atoms with Gasteiger partial charge in [0.2, 0.25) is 5.91 Å². The number of nitrogens with zero attached hydrogens (tertiary/aromatic N) is 1. The molecule has 8 nitrogen and oxygen atoms in total. The number of aliphatic hydroxyl groups is 1. The van der Waals surface area contributed by atoms with Gasteiger partial charge in [-0.05, 0) is 60.8 Å². The molecule has 1 heterocycles. The molecule has 0 aromatic carbocycles. The first-order valence-electron chi connectivity index (χ1n) is 11.8. The Balaban J connectivity index is 3.61. The van der Waals surface area contributed by atoms with Crippen molar-refractivity contribution in [2.45, 2.75) is 118 Å². The maximum Gasteiger partial charge on any atom is 0.411 e. The number of ether oxygens (including phenoxy) is 2. The number of carbonyl (C=O) groups excluding carboxylic acids is 3. The molecule has 2 amide bonds. The third-order valence-electron chi connectivity index (χ3n) is 5.65. The van der Waals surface area contributed by atoms with Gasteiger partial charge in [0.15, 0.2) is 0 Å². The van der Waals surface area contributed by atoms with Crippen LogP contribution in [-0.2, 0) is 19.1 Å². The SMILES string of the molecule is CC=C[C@@H]1C[C@@H](C(=O)OC(C)(C)C)N(C(=O)OC(C)(C)C)[C@H]1[C@@H](NC(C)=O)[C@@H](O)[C@@H](C)CC. The normalized spacial score (nSPS) is 24.3. The van der Waals surface area contributed by atoms with E-state index in [4.69, 9.17) is 9.47 Å². The number of rotatable bonds is 7. The molecule has 0 aromatic rings. The Morgan fingerprint density at radius 3 is 2.09 bits per heavy atom. The highest BCUT2D eigenvalue weighted by Gasteiger charge is 2.53. The third kappa shape index (κ3) is 8.32. The van der Waals surface area contributed by atoms with E-state index in [9.17, 15) is 19.5 Å². The third-order valence-corrected chi connectivity index (χ3v) is 5.65. The quantitative estimate of drug-likeness (QED) is 0.435. The molecular formula is C25H44N2O6. The lowest BCUT2D eigenvalue weighted by Crippen LogP contribution is -2.61. The highest BCUT2D eigenvalue weighted by atomic mass is 16.6. The number of hydrogen-bond donors (Lipinski definition) is 2. The summed E-state index contributed by atoms with van der Waals surface area (Å²) in [6, 6.07) is -2.40. The van der Waals surface area contributed by atoms with E-state index in [0.29, 0.717) is 12.8 Å². The van der Waals surface area contributed by atoms with Crippen molar-refractivity contribution < 1.29 is 29.0 Å². The predicted molar refractivity (Wildman–Crippen MR) is 127 cm³/mol. The summed E-state index contributed by atoms with van der Waals surface area (Å²) < 4.78 is 11.3. The second-order valence-corrected chi connectivity index (χ2v) is 11.0. The Morgan fingerprint density at radius 1 is 1.12 bits per heavy atom. The van der Waals surface area contributed by atoms with Gasteiger partial charge in [-0.3, -0.25) is 9.69 Å². The Kier molecular flexibility index (Phi) is 9.96. The zero-order valence-electron chi connectivity index (χ0n) is 22.0. The fourth-order valence-corrected chi connectivity index (χ4v) is 4.15. The van der Waals surface area contributed by atoms with Crippen LogP contribution in [0.4, 0.5) is 4.79 Å². The van der Waals surface area contributed by atoms with Crippen LogP contribution in [0.25, 0.3) is 0 Å². The van der Waals surface area contributed by atoms with E-state index in [2.05, 4.69) is 5.32 Å². The van der Waals surface area contributed by atoms with Crippen LogP contribution < -0.4 is 5.32 Å². The van der Waals surface area contributed by atoms with Crippen LogP contribution in [0.2, 0.25) is 0 Å². The number of amides is 2. The van der Waals surface area contributed by atoms with E-state index in [-0.39, 0.29) is 17.7 Å². The van der Waals surface area contributed by atoms with Gasteiger partial charge in [-0.1, -0.05) is 32.4 Å². The summed E-state index contributed by atoms with van der Waals surface area (Å²) in [6.07, 6.45) is 3.13. The minimum atomic E-state index is -0.932. The number of carbonyl (C=O) groups is 3. The van der Waals surface area contributed by atoms with Crippen LogP contribution in [0, 0.1) is 11.8 Å². The Labute approximate surface area is 199 Å². The average Bonchev–Trinajstić information content (AvgIpc) is 3.01.